The summed E-state index contributed by atoms with van der Waals surface area (Å²) in [6, 6.07) is 12.7. The summed E-state index contributed by atoms with van der Waals surface area (Å²) in [7, 11) is 0. The van der Waals surface area contributed by atoms with Gasteiger partial charge in [-0.2, -0.15) is 5.10 Å². The van der Waals surface area contributed by atoms with Crippen LogP contribution in [0.25, 0.3) is 17.0 Å². The highest BCUT2D eigenvalue weighted by Crippen LogP contribution is 2.19. The van der Waals surface area contributed by atoms with Crippen LogP contribution in [-0.2, 0) is 16.1 Å². The number of carboxylic acid groups (broad SMARTS) is 1. The van der Waals surface area contributed by atoms with Crippen molar-refractivity contribution in [2.45, 2.75) is 13.5 Å². The predicted octanol–water partition coefficient (Wildman–Crippen LogP) is 3.22. The molecule has 0 atom stereocenters. The Kier molecular flexibility index (Phi) is 4.98. The van der Waals surface area contributed by atoms with Crippen molar-refractivity contribution >= 4 is 29.0 Å². The van der Waals surface area contributed by atoms with Gasteiger partial charge in [0.1, 0.15) is 12.3 Å². The minimum atomic E-state index is -1.26. The molecule has 132 valence electrons. The number of H-pyrrole nitrogens is 1. The summed E-state index contributed by atoms with van der Waals surface area (Å²) >= 11 is 0. The van der Waals surface area contributed by atoms with Gasteiger partial charge in [-0.15, -0.1) is 0 Å². The van der Waals surface area contributed by atoms with Crippen molar-refractivity contribution in [3.63, 3.8) is 0 Å². The number of alkyl carbamates (subject to hydrolysis) is 1. The summed E-state index contributed by atoms with van der Waals surface area (Å²) in [5, 5.41) is 19.3. The number of amides is 1. The van der Waals surface area contributed by atoms with Crippen LogP contribution in [0.3, 0.4) is 0 Å². The molecule has 0 aliphatic carbocycles. The molecule has 0 saturated heterocycles. The molecular weight excluding hydrogens is 334 g/mol. The molecule has 1 amide bonds. The minimum Gasteiger partial charge on any atom is -0.477 e. The maximum Gasteiger partial charge on any atom is 0.412 e. The predicted molar refractivity (Wildman–Crippen MR) is 96.2 cm³/mol. The van der Waals surface area contributed by atoms with Gasteiger partial charge >= 0.3 is 12.1 Å². The fraction of sp³-hybridized carbons (Fsp3) is 0.105. The number of aromatic nitrogens is 2. The molecule has 7 nitrogen and oxygen atoms in total. The zero-order valence-electron chi connectivity index (χ0n) is 14.0. The lowest BCUT2D eigenvalue weighted by molar-refractivity contribution is -0.132. The van der Waals surface area contributed by atoms with Gasteiger partial charge in [0, 0.05) is 5.39 Å². The van der Waals surface area contributed by atoms with Crippen molar-refractivity contribution in [1.82, 2.24) is 15.5 Å². The molecule has 0 saturated carbocycles. The molecule has 0 fully saturated rings. The molecule has 3 rings (SSSR count). The smallest absolute Gasteiger partial charge is 0.412 e. The molecule has 0 radical (unpaired) electrons. The van der Waals surface area contributed by atoms with Gasteiger partial charge in [-0.05, 0) is 41.8 Å². The monoisotopic (exact) mass is 351 g/mol. The Bertz CT molecular complexity index is 977. The number of aliphatic carboxylic acids is 1. The molecular formula is C19H17N3O4. The first-order chi connectivity index (χ1) is 12.5. The van der Waals surface area contributed by atoms with E-state index in [1.165, 1.54) is 6.08 Å². The number of carboxylic acids is 1. The lowest BCUT2D eigenvalue weighted by Gasteiger charge is -2.08. The number of aryl methyl sites for hydroxylation is 1. The number of ether oxygens (including phenoxy) is 1. The summed E-state index contributed by atoms with van der Waals surface area (Å²) in [6.45, 7) is 1.94. The van der Waals surface area contributed by atoms with E-state index in [9.17, 15) is 14.7 Å². The summed E-state index contributed by atoms with van der Waals surface area (Å²) in [6.07, 6.45) is 2.20. The molecule has 3 aromatic rings. The Morgan fingerprint density at radius 3 is 2.77 bits per heavy atom. The Balaban J connectivity index is 1.74. The van der Waals surface area contributed by atoms with E-state index < -0.39 is 12.1 Å². The summed E-state index contributed by atoms with van der Waals surface area (Å²) in [4.78, 5) is 23.4. The van der Waals surface area contributed by atoms with Gasteiger partial charge in [-0.1, -0.05) is 30.3 Å². The molecule has 0 unspecified atom stereocenters. The molecule has 2 aromatic carbocycles. The van der Waals surface area contributed by atoms with Gasteiger partial charge in [0.05, 0.1) is 11.7 Å². The van der Waals surface area contributed by atoms with Gasteiger partial charge in [-0.3, -0.25) is 10.4 Å². The minimum absolute atomic E-state index is 0.0552. The van der Waals surface area contributed by atoms with Crippen LogP contribution in [0, 0.1) is 6.92 Å². The van der Waals surface area contributed by atoms with Crippen molar-refractivity contribution < 1.29 is 19.4 Å². The molecule has 0 bridgehead atoms. The first-order valence-corrected chi connectivity index (χ1v) is 7.89. The third-order valence-corrected chi connectivity index (χ3v) is 3.76. The number of fused-ring (bicyclic) bond motifs is 1. The third kappa shape index (κ3) is 4.07. The maximum atomic E-state index is 11.9. The zero-order valence-corrected chi connectivity index (χ0v) is 14.0. The van der Waals surface area contributed by atoms with Gasteiger partial charge < -0.3 is 9.84 Å². The normalized spacial score (nSPS) is 11.3. The second kappa shape index (κ2) is 7.52. The van der Waals surface area contributed by atoms with E-state index in [-0.39, 0.29) is 12.3 Å². The van der Waals surface area contributed by atoms with E-state index in [1.807, 2.05) is 37.3 Å². The largest absolute Gasteiger partial charge is 0.477 e. The molecule has 0 aliphatic heterocycles. The Morgan fingerprint density at radius 2 is 2.04 bits per heavy atom. The fourth-order valence-electron chi connectivity index (χ4n) is 2.53. The molecule has 0 spiro atoms. The average molecular weight is 351 g/mol. The lowest BCUT2D eigenvalue weighted by Crippen LogP contribution is -2.27. The summed E-state index contributed by atoms with van der Waals surface area (Å²) in [5.41, 5.74) is 2.98. The van der Waals surface area contributed by atoms with Crippen LogP contribution >= 0.6 is 0 Å². The van der Waals surface area contributed by atoms with Crippen LogP contribution in [0.2, 0.25) is 0 Å². The Morgan fingerprint density at radius 1 is 1.27 bits per heavy atom. The van der Waals surface area contributed by atoms with E-state index >= 15 is 0 Å². The van der Waals surface area contributed by atoms with Gasteiger partial charge in [-0.25, -0.2) is 9.59 Å². The van der Waals surface area contributed by atoms with Crippen molar-refractivity contribution in [1.29, 1.82) is 0 Å². The number of nitrogens with zero attached hydrogens (tertiary/aromatic N) is 1. The molecule has 1 aromatic heterocycles. The summed E-state index contributed by atoms with van der Waals surface area (Å²) in [5.74, 6) is -1.26. The number of aromatic amines is 1. The summed E-state index contributed by atoms with van der Waals surface area (Å²) < 4.78 is 5.06. The average Bonchev–Trinajstić information content (AvgIpc) is 3.09. The van der Waals surface area contributed by atoms with Crippen LogP contribution < -0.4 is 5.32 Å². The fourth-order valence-corrected chi connectivity index (χ4v) is 2.53. The van der Waals surface area contributed by atoms with E-state index in [0.717, 1.165) is 22.0 Å². The highest BCUT2D eigenvalue weighted by atomic mass is 16.5. The van der Waals surface area contributed by atoms with Crippen molar-refractivity contribution in [3.05, 3.63) is 71.0 Å². The molecule has 7 heteroatoms. The SMILES string of the molecule is Cc1cc(C=C(NC(=O)OCc2ccccc2)C(=O)O)cc2cn[nH]c12. The maximum absolute atomic E-state index is 11.9. The van der Waals surface area contributed by atoms with E-state index in [1.54, 1.807) is 18.3 Å². The molecule has 1 heterocycles. The van der Waals surface area contributed by atoms with Crippen LogP contribution in [0.5, 0.6) is 0 Å². The van der Waals surface area contributed by atoms with Crippen LogP contribution in [-0.4, -0.2) is 27.4 Å². The van der Waals surface area contributed by atoms with E-state index in [0.29, 0.717) is 5.56 Å². The highest BCUT2D eigenvalue weighted by Gasteiger charge is 2.13. The number of hydrogen-bond donors (Lipinski definition) is 3. The van der Waals surface area contributed by atoms with Crippen molar-refractivity contribution in [2.75, 3.05) is 0 Å². The zero-order chi connectivity index (χ0) is 18.5. The topological polar surface area (TPSA) is 104 Å². The van der Waals surface area contributed by atoms with E-state index in [2.05, 4.69) is 15.5 Å². The molecule has 3 N–H and O–H groups in total. The van der Waals surface area contributed by atoms with Crippen LogP contribution in [0.1, 0.15) is 16.7 Å². The quantitative estimate of drug-likeness (QED) is 0.612. The standard InChI is InChI=1S/C19H17N3O4/c1-12-7-14(8-15-10-20-22-17(12)15)9-16(18(23)24)21-19(25)26-11-13-5-3-2-4-6-13/h2-10H,11H2,1H3,(H,20,22)(H,21,25)(H,23,24). The number of hydrogen-bond acceptors (Lipinski definition) is 4. The second-order valence-electron chi connectivity index (χ2n) is 5.72. The van der Waals surface area contributed by atoms with E-state index in [4.69, 9.17) is 4.74 Å². The van der Waals surface area contributed by atoms with Gasteiger partial charge in [0.2, 0.25) is 0 Å². The number of carbonyl (C=O) groups is 2. The van der Waals surface area contributed by atoms with Gasteiger partial charge in [0.25, 0.3) is 0 Å². The third-order valence-electron chi connectivity index (χ3n) is 3.76. The Hall–Kier alpha value is -3.61. The Labute approximate surface area is 149 Å². The van der Waals surface area contributed by atoms with Gasteiger partial charge in [0.15, 0.2) is 0 Å². The molecule has 26 heavy (non-hydrogen) atoms. The number of nitrogens with one attached hydrogen (secondary N) is 2. The van der Waals surface area contributed by atoms with Crippen molar-refractivity contribution in [2.24, 2.45) is 0 Å². The number of benzene rings is 2. The number of rotatable bonds is 5. The lowest BCUT2D eigenvalue weighted by atomic mass is 10.1. The van der Waals surface area contributed by atoms with Crippen LogP contribution in [0.4, 0.5) is 4.79 Å². The first kappa shape index (κ1) is 17.2. The second-order valence-corrected chi connectivity index (χ2v) is 5.72. The highest BCUT2D eigenvalue weighted by molar-refractivity contribution is 5.96. The van der Waals surface area contributed by atoms with Crippen LogP contribution in [0.15, 0.2) is 54.4 Å². The van der Waals surface area contributed by atoms with Crippen molar-refractivity contribution in [3.8, 4) is 0 Å². The number of carbonyl (C=O) groups excluding carboxylic acids is 1. The first-order valence-electron chi connectivity index (χ1n) is 7.89. The molecule has 0 aliphatic rings.